The van der Waals surface area contributed by atoms with Crippen molar-refractivity contribution in [3.8, 4) is 5.88 Å². The highest BCUT2D eigenvalue weighted by Crippen LogP contribution is 2.22. The molecule has 0 bridgehead atoms. The van der Waals surface area contributed by atoms with Crippen LogP contribution in [0.25, 0.3) is 11.7 Å². The number of halogens is 1. The first-order valence-electron chi connectivity index (χ1n) is 11.0. The monoisotopic (exact) mass is 462 g/mol. The second kappa shape index (κ2) is 8.62. The summed E-state index contributed by atoms with van der Waals surface area (Å²) in [6.07, 6.45) is 4.52. The molecule has 0 spiro atoms. The average Bonchev–Trinajstić information content (AvgIpc) is 3.50. The molecule has 1 aliphatic carbocycles. The van der Waals surface area contributed by atoms with E-state index in [2.05, 4.69) is 10.4 Å². The van der Waals surface area contributed by atoms with Gasteiger partial charge in [-0.2, -0.15) is 4.57 Å². The molecule has 1 aliphatic heterocycles. The lowest BCUT2D eigenvalue weighted by Gasteiger charge is -2.25. The maximum Gasteiger partial charge on any atom is 0.378 e. The van der Waals surface area contributed by atoms with Crippen LogP contribution in [0.3, 0.4) is 0 Å². The van der Waals surface area contributed by atoms with Gasteiger partial charge in [0.15, 0.2) is 0 Å². The molecule has 4 rings (SSSR count). The van der Waals surface area contributed by atoms with Crippen LogP contribution in [0.1, 0.15) is 48.3 Å². The number of aromatic hydroxyl groups is 1. The summed E-state index contributed by atoms with van der Waals surface area (Å²) in [7, 11) is 0. The number of alkyl halides is 1. The number of aryl methyl sites for hydroxylation is 1. The summed E-state index contributed by atoms with van der Waals surface area (Å²) in [5.74, 6) is -1.54. The van der Waals surface area contributed by atoms with Crippen LogP contribution in [0.5, 0.6) is 5.88 Å². The van der Waals surface area contributed by atoms with Crippen molar-refractivity contribution in [3.05, 3.63) is 33.3 Å². The number of fused-ring (bicyclic) bond motifs is 1. The van der Waals surface area contributed by atoms with Gasteiger partial charge in [-0.15, -0.1) is 0 Å². The number of carbonyl (C=O) groups excluding carboxylic acids is 2. The van der Waals surface area contributed by atoms with Crippen LogP contribution >= 0.6 is 0 Å². The van der Waals surface area contributed by atoms with E-state index in [-0.39, 0.29) is 24.1 Å². The van der Waals surface area contributed by atoms with Crippen molar-refractivity contribution in [2.24, 2.45) is 0 Å². The second-order valence-corrected chi connectivity index (χ2v) is 9.14. The van der Waals surface area contributed by atoms with Crippen molar-refractivity contribution in [1.29, 1.82) is 0 Å². The van der Waals surface area contributed by atoms with E-state index in [0.717, 1.165) is 17.4 Å². The number of hydrogen-bond donors (Lipinski definition) is 3. The molecular weight excluding hydrogens is 433 g/mol. The largest absolute Gasteiger partial charge is 0.477 e. The van der Waals surface area contributed by atoms with Gasteiger partial charge in [0.2, 0.25) is 11.5 Å². The first-order valence-corrected chi connectivity index (χ1v) is 11.0. The summed E-state index contributed by atoms with van der Waals surface area (Å²) in [6.45, 7) is 5.93. The van der Waals surface area contributed by atoms with E-state index in [9.17, 15) is 23.9 Å². The fourth-order valence-electron chi connectivity index (χ4n) is 3.88. The van der Waals surface area contributed by atoms with Crippen molar-refractivity contribution in [3.63, 3.8) is 0 Å². The highest BCUT2D eigenvalue weighted by molar-refractivity contribution is 5.96. The summed E-state index contributed by atoms with van der Waals surface area (Å²) < 4.78 is 22.3. The van der Waals surface area contributed by atoms with Crippen molar-refractivity contribution in [2.75, 3.05) is 26.3 Å². The third kappa shape index (κ3) is 4.77. The molecule has 2 fully saturated rings. The van der Waals surface area contributed by atoms with Crippen LogP contribution in [-0.4, -0.2) is 69.4 Å². The minimum atomic E-state index is -1.76. The zero-order chi connectivity index (χ0) is 23.9. The lowest BCUT2D eigenvalue weighted by molar-refractivity contribution is -0.691. The number of hydrogen-bond acceptors (Lipinski definition) is 5. The van der Waals surface area contributed by atoms with Gasteiger partial charge in [-0.05, 0) is 39.7 Å². The molecule has 1 saturated heterocycles. The van der Waals surface area contributed by atoms with E-state index in [0.29, 0.717) is 37.6 Å². The molecule has 2 aliphatic rings. The van der Waals surface area contributed by atoms with Gasteiger partial charge in [-0.25, -0.2) is 14.3 Å². The number of aromatic amines is 1. The molecule has 0 aromatic carbocycles. The Balaban J connectivity index is 1.83. The first-order chi connectivity index (χ1) is 15.6. The van der Waals surface area contributed by atoms with Gasteiger partial charge in [0.1, 0.15) is 12.2 Å². The van der Waals surface area contributed by atoms with Gasteiger partial charge >= 0.3 is 17.1 Å². The number of amides is 2. The van der Waals surface area contributed by atoms with Crippen LogP contribution < -0.4 is 15.4 Å². The summed E-state index contributed by atoms with van der Waals surface area (Å²) in [6, 6.07) is -0.0295. The molecule has 3 heterocycles. The SMILES string of the molecule is Cc1[nH]n2c(=O)c(C(=O)NC3CC3)c(O)[n+](CC(C)(C)F)c2c1/C=C/C(=O)N1CCOCC1. The van der Waals surface area contributed by atoms with Crippen LogP contribution in [0.15, 0.2) is 10.9 Å². The summed E-state index contributed by atoms with van der Waals surface area (Å²) in [4.78, 5) is 40.1. The zero-order valence-electron chi connectivity index (χ0n) is 19.0. The highest BCUT2D eigenvalue weighted by atomic mass is 19.1. The molecule has 1 saturated carbocycles. The molecule has 10 nitrogen and oxygen atoms in total. The Morgan fingerprint density at radius 3 is 2.61 bits per heavy atom. The van der Waals surface area contributed by atoms with Gasteiger partial charge in [-0.3, -0.25) is 9.59 Å². The standard InChI is InChI=1S/C22H28FN5O5/c1-13-15(6-7-16(29)26-8-10-33-11-9-26)19-27(12-22(2,3)23)20(31)17(21(32)28(19)25-13)18(30)24-14-4-5-14/h6-7,14H,4-5,8-12H2,1-3H3,(H2,24,30,31,32)/p+1/b7-6+. The van der Waals surface area contributed by atoms with E-state index < -0.39 is 28.6 Å². The molecule has 178 valence electrons. The van der Waals surface area contributed by atoms with Gasteiger partial charge in [0.25, 0.3) is 5.91 Å². The molecule has 0 radical (unpaired) electrons. The molecule has 11 heteroatoms. The maximum atomic E-state index is 14.7. The fraction of sp³-hybridized carbons (Fsp3) is 0.545. The number of nitrogens with zero attached hydrogens (tertiary/aromatic N) is 3. The smallest absolute Gasteiger partial charge is 0.378 e. The fourth-order valence-corrected chi connectivity index (χ4v) is 3.88. The Morgan fingerprint density at radius 2 is 2.00 bits per heavy atom. The number of morpholine rings is 1. The van der Waals surface area contributed by atoms with Crippen molar-refractivity contribution in [2.45, 2.75) is 51.9 Å². The van der Waals surface area contributed by atoms with E-state index in [1.807, 2.05) is 0 Å². The lowest BCUT2D eigenvalue weighted by atomic mass is 10.1. The number of nitrogens with one attached hydrogen (secondary N) is 2. The zero-order valence-corrected chi connectivity index (χ0v) is 19.0. The van der Waals surface area contributed by atoms with Crippen molar-refractivity contribution in [1.82, 2.24) is 19.8 Å². The number of H-pyrrole nitrogens is 1. The topological polar surface area (TPSA) is 120 Å². The van der Waals surface area contributed by atoms with E-state index in [1.54, 1.807) is 11.8 Å². The van der Waals surface area contributed by atoms with E-state index >= 15 is 0 Å². The average molecular weight is 463 g/mol. The number of carbonyl (C=O) groups is 2. The summed E-state index contributed by atoms with van der Waals surface area (Å²) in [5.41, 5.74) is -1.86. The highest BCUT2D eigenvalue weighted by Gasteiger charge is 2.36. The van der Waals surface area contributed by atoms with Gasteiger partial charge in [0.05, 0.1) is 24.5 Å². The molecule has 2 amide bonds. The van der Waals surface area contributed by atoms with E-state index in [1.165, 1.54) is 30.6 Å². The lowest BCUT2D eigenvalue weighted by Crippen LogP contribution is -2.49. The predicted molar refractivity (Wildman–Crippen MR) is 117 cm³/mol. The number of aromatic nitrogens is 3. The quantitative estimate of drug-likeness (QED) is 0.425. The van der Waals surface area contributed by atoms with E-state index in [4.69, 9.17) is 4.74 Å². The Hall–Kier alpha value is -3.21. The van der Waals surface area contributed by atoms with Crippen molar-refractivity contribution < 1.29 is 28.4 Å². The van der Waals surface area contributed by atoms with Crippen LogP contribution in [-0.2, 0) is 16.1 Å². The molecular formula is C22H29FN5O5+. The third-order valence-corrected chi connectivity index (χ3v) is 5.68. The summed E-state index contributed by atoms with van der Waals surface area (Å²) >= 11 is 0. The van der Waals surface area contributed by atoms with Gasteiger partial charge < -0.3 is 20.1 Å². The molecule has 0 unspecified atom stereocenters. The minimum Gasteiger partial charge on any atom is -0.477 e. The van der Waals surface area contributed by atoms with Crippen molar-refractivity contribution >= 4 is 23.5 Å². The Bertz CT molecular complexity index is 1180. The maximum absolute atomic E-state index is 14.7. The number of ether oxygens (including phenoxy) is 1. The van der Waals surface area contributed by atoms with Gasteiger partial charge in [0, 0.05) is 25.2 Å². The summed E-state index contributed by atoms with van der Waals surface area (Å²) in [5, 5.41) is 16.5. The number of rotatable bonds is 6. The second-order valence-electron chi connectivity index (χ2n) is 9.14. The Labute approximate surface area is 189 Å². The first kappa shape index (κ1) is 23.0. The molecule has 33 heavy (non-hydrogen) atoms. The predicted octanol–water partition coefficient (Wildman–Crippen LogP) is 0.441. The Kier molecular flexibility index (Phi) is 6.00. The molecule has 2 aromatic rings. The third-order valence-electron chi connectivity index (χ3n) is 5.68. The van der Waals surface area contributed by atoms with Crippen LogP contribution in [0, 0.1) is 6.92 Å². The van der Waals surface area contributed by atoms with Gasteiger partial charge in [-0.1, -0.05) is 4.52 Å². The van der Waals surface area contributed by atoms with Crippen LogP contribution in [0.2, 0.25) is 0 Å². The normalized spacial score (nSPS) is 17.2. The molecule has 3 N–H and O–H groups in total. The minimum absolute atomic E-state index is 0.0295. The molecule has 0 atom stereocenters. The van der Waals surface area contributed by atoms with Crippen LogP contribution in [0.4, 0.5) is 4.39 Å². The molecule has 2 aromatic heterocycles. The Morgan fingerprint density at radius 1 is 1.33 bits per heavy atom.